The third-order valence-electron chi connectivity index (χ3n) is 3.29. The van der Waals surface area contributed by atoms with Crippen LogP contribution in [-0.2, 0) is 0 Å². The van der Waals surface area contributed by atoms with Crippen molar-refractivity contribution in [3.63, 3.8) is 0 Å². The van der Waals surface area contributed by atoms with Gasteiger partial charge in [-0.1, -0.05) is 25.7 Å². The number of hydrogen-bond donors (Lipinski definition) is 1. The van der Waals surface area contributed by atoms with Gasteiger partial charge in [0.05, 0.1) is 0 Å². The molecule has 0 unspecified atom stereocenters. The fourth-order valence-corrected chi connectivity index (χ4v) is 2.50. The van der Waals surface area contributed by atoms with Crippen molar-refractivity contribution >= 4 is 0 Å². The standard InChI is InChI=1S/C9H17N/c10-6-8-5-9(8)7-3-1-2-4-7/h7-9H,1-6,10H2/t8-,9-/m0/s1. The van der Waals surface area contributed by atoms with Gasteiger partial charge in [-0.3, -0.25) is 0 Å². The van der Waals surface area contributed by atoms with Crippen LogP contribution in [0.1, 0.15) is 32.1 Å². The van der Waals surface area contributed by atoms with Crippen LogP contribution in [0.5, 0.6) is 0 Å². The summed E-state index contributed by atoms with van der Waals surface area (Å²) < 4.78 is 0. The first kappa shape index (κ1) is 6.66. The van der Waals surface area contributed by atoms with E-state index in [2.05, 4.69) is 0 Å². The van der Waals surface area contributed by atoms with Gasteiger partial charge in [0.2, 0.25) is 0 Å². The maximum atomic E-state index is 5.59. The van der Waals surface area contributed by atoms with E-state index >= 15 is 0 Å². The minimum atomic E-state index is 0.920. The third-order valence-corrected chi connectivity index (χ3v) is 3.29. The maximum Gasteiger partial charge on any atom is -0.00460 e. The predicted octanol–water partition coefficient (Wildman–Crippen LogP) is 1.77. The van der Waals surface area contributed by atoms with Crippen molar-refractivity contribution in [3.8, 4) is 0 Å². The summed E-state index contributed by atoms with van der Waals surface area (Å²) in [4.78, 5) is 0. The monoisotopic (exact) mass is 139 g/mol. The van der Waals surface area contributed by atoms with E-state index in [1.54, 1.807) is 0 Å². The summed E-state index contributed by atoms with van der Waals surface area (Å²) in [5.41, 5.74) is 5.59. The van der Waals surface area contributed by atoms with Crippen LogP contribution in [0, 0.1) is 17.8 Å². The molecule has 2 aliphatic rings. The Morgan fingerprint density at radius 1 is 1.20 bits per heavy atom. The second-order valence-corrected chi connectivity index (χ2v) is 3.94. The van der Waals surface area contributed by atoms with Gasteiger partial charge >= 0.3 is 0 Å². The van der Waals surface area contributed by atoms with E-state index in [9.17, 15) is 0 Å². The smallest absolute Gasteiger partial charge is 0.00460 e. The molecular formula is C9H17N. The Hall–Kier alpha value is -0.0400. The molecule has 1 nitrogen and oxygen atoms in total. The highest BCUT2D eigenvalue weighted by molar-refractivity contribution is 4.93. The van der Waals surface area contributed by atoms with Gasteiger partial charge in [0.15, 0.2) is 0 Å². The van der Waals surface area contributed by atoms with Crippen LogP contribution >= 0.6 is 0 Å². The summed E-state index contributed by atoms with van der Waals surface area (Å²) in [6, 6.07) is 0. The Bertz CT molecular complexity index is 116. The summed E-state index contributed by atoms with van der Waals surface area (Å²) >= 11 is 0. The summed E-state index contributed by atoms with van der Waals surface area (Å²) in [5.74, 6) is 3.05. The lowest BCUT2D eigenvalue weighted by molar-refractivity contribution is 0.450. The van der Waals surface area contributed by atoms with Crippen LogP contribution in [0.4, 0.5) is 0 Å². The van der Waals surface area contributed by atoms with Gasteiger partial charge in [0, 0.05) is 0 Å². The molecule has 2 saturated carbocycles. The molecule has 58 valence electrons. The minimum Gasteiger partial charge on any atom is -0.330 e. The molecule has 0 aromatic heterocycles. The van der Waals surface area contributed by atoms with Crippen LogP contribution in [0.2, 0.25) is 0 Å². The number of hydrogen-bond acceptors (Lipinski definition) is 1. The molecule has 2 fully saturated rings. The van der Waals surface area contributed by atoms with Gasteiger partial charge in [-0.05, 0) is 30.7 Å². The average molecular weight is 139 g/mol. The van der Waals surface area contributed by atoms with E-state index < -0.39 is 0 Å². The summed E-state index contributed by atoms with van der Waals surface area (Å²) in [6.07, 6.45) is 7.42. The van der Waals surface area contributed by atoms with E-state index in [1.807, 2.05) is 0 Å². The van der Waals surface area contributed by atoms with E-state index in [1.165, 1.54) is 32.1 Å². The van der Waals surface area contributed by atoms with E-state index in [4.69, 9.17) is 5.73 Å². The fourth-order valence-electron chi connectivity index (χ4n) is 2.50. The van der Waals surface area contributed by atoms with Gasteiger partial charge in [-0.15, -0.1) is 0 Å². The first-order chi connectivity index (χ1) is 4.92. The Balaban J connectivity index is 1.79. The molecule has 2 atom stereocenters. The normalized spacial score (nSPS) is 40.5. The molecule has 0 aromatic carbocycles. The highest BCUT2D eigenvalue weighted by Gasteiger charge is 2.42. The molecule has 0 spiro atoms. The Morgan fingerprint density at radius 3 is 2.40 bits per heavy atom. The number of rotatable bonds is 2. The molecule has 0 heterocycles. The van der Waals surface area contributed by atoms with Crippen LogP contribution < -0.4 is 5.73 Å². The van der Waals surface area contributed by atoms with E-state index in [0.717, 1.165) is 24.3 Å². The van der Waals surface area contributed by atoms with Crippen LogP contribution in [0.3, 0.4) is 0 Å². The van der Waals surface area contributed by atoms with Crippen LogP contribution in [0.15, 0.2) is 0 Å². The second-order valence-electron chi connectivity index (χ2n) is 3.94. The molecule has 10 heavy (non-hydrogen) atoms. The molecule has 0 saturated heterocycles. The SMILES string of the molecule is NC[C@@H]1C[C@H]1C1CCCC1. The molecule has 2 N–H and O–H groups in total. The third kappa shape index (κ3) is 1.07. The molecule has 2 aliphatic carbocycles. The molecule has 0 aliphatic heterocycles. The summed E-state index contributed by atoms with van der Waals surface area (Å²) in [7, 11) is 0. The zero-order valence-electron chi connectivity index (χ0n) is 6.55. The first-order valence-corrected chi connectivity index (χ1v) is 4.62. The summed E-state index contributed by atoms with van der Waals surface area (Å²) in [6.45, 7) is 0.946. The van der Waals surface area contributed by atoms with Gasteiger partial charge in [-0.25, -0.2) is 0 Å². The average Bonchev–Trinajstić information content (AvgIpc) is 2.56. The van der Waals surface area contributed by atoms with Crippen molar-refractivity contribution in [2.45, 2.75) is 32.1 Å². The van der Waals surface area contributed by atoms with Crippen molar-refractivity contribution < 1.29 is 0 Å². The quantitative estimate of drug-likeness (QED) is 0.620. The molecule has 0 bridgehead atoms. The van der Waals surface area contributed by atoms with E-state index in [-0.39, 0.29) is 0 Å². The van der Waals surface area contributed by atoms with E-state index in [0.29, 0.717) is 0 Å². The maximum absolute atomic E-state index is 5.59. The summed E-state index contributed by atoms with van der Waals surface area (Å²) in [5, 5.41) is 0. The van der Waals surface area contributed by atoms with Crippen LogP contribution in [-0.4, -0.2) is 6.54 Å². The van der Waals surface area contributed by atoms with Crippen molar-refractivity contribution in [2.24, 2.45) is 23.5 Å². The Morgan fingerprint density at radius 2 is 1.90 bits per heavy atom. The zero-order valence-corrected chi connectivity index (χ0v) is 6.55. The molecule has 0 amide bonds. The van der Waals surface area contributed by atoms with Gasteiger partial charge in [0.1, 0.15) is 0 Å². The Kier molecular flexibility index (Phi) is 1.69. The fraction of sp³-hybridized carbons (Fsp3) is 1.00. The largest absolute Gasteiger partial charge is 0.330 e. The lowest BCUT2D eigenvalue weighted by Gasteiger charge is -2.05. The first-order valence-electron chi connectivity index (χ1n) is 4.62. The van der Waals surface area contributed by atoms with Crippen molar-refractivity contribution in [2.75, 3.05) is 6.54 Å². The highest BCUT2D eigenvalue weighted by atomic mass is 14.6. The lowest BCUT2D eigenvalue weighted by Crippen LogP contribution is -2.06. The minimum absolute atomic E-state index is 0.920. The zero-order chi connectivity index (χ0) is 6.97. The lowest BCUT2D eigenvalue weighted by atomic mass is 10.0. The van der Waals surface area contributed by atoms with Gasteiger partial charge in [-0.2, -0.15) is 0 Å². The Labute approximate surface area is 63.0 Å². The molecule has 0 aromatic rings. The molecule has 0 radical (unpaired) electrons. The van der Waals surface area contributed by atoms with Crippen LogP contribution in [0.25, 0.3) is 0 Å². The number of nitrogens with two attached hydrogens (primary N) is 1. The topological polar surface area (TPSA) is 26.0 Å². The second kappa shape index (κ2) is 2.54. The van der Waals surface area contributed by atoms with Gasteiger partial charge < -0.3 is 5.73 Å². The van der Waals surface area contributed by atoms with Crippen molar-refractivity contribution in [1.29, 1.82) is 0 Å². The molecule has 1 heteroatoms. The van der Waals surface area contributed by atoms with Gasteiger partial charge in [0.25, 0.3) is 0 Å². The van der Waals surface area contributed by atoms with Crippen molar-refractivity contribution in [1.82, 2.24) is 0 Å². The molecule has 2 rings (SSSR count). The molecular weight excluding hydrogens is 122 g/mol. The predicted molar refractivity (Wildman–Crippen MR) is 42.6 cm³/mol. The highest BCUT2D eigenvalue weighted by Crippen LogP contribution is 2.49. The van der Waals surface area contributed by atoms with Crippen molar-refractivity contribution in [3.05, 3.63) is 0 Å².